The maximum Gasteiger partial charge on any atom is 0.248 e. The van der Waals surface area contributed by atoms with Gasteiger partial charge in [0, 0.05) is 11.8 Å². The quantitative estimate of drug-likeness (QED) is 0.728. The van der Waals surface area contributed by atoms with E-state index in [0.29, 0.717) is 36.3 Å². The van der Waals surface area contributed by atoms with Gasteiger partial charge in [0.05, 0.1) is 17.5 Å². The van der Waals surface area contributed by atoms with Gasteiger partial charge in [-0.25, -0.2) is 4.98 Å². The van der Waals surface area contributed by atoms with Crippen LogP contribution in [0.3, 0.4) is 0 Å². The Balaban J connectivity index is 1.48. The molecule has 1 aromatic heterocycles. The smallest absolute Gasteiger partial charge is 0.248 e. The highest BCUT2D eigenvalue weighted by Crippen LogP contribution is 2.34. The fourth-order valence-electron chi connectivity index (χ4n) is 3.45. The Kier molecular flexibility index (Phi) is 3.49. The van der Waals surface area contributed by atoms with Crippen molar-refractivity contribution in [3.8, 4) is 11.5 Å². The highest BCUT2D eigenvalue weighted by atomic mass is 16.6. The molecule has 3 heterocycles. The zero-order valence-electron chi connectivity index (χ0n) is 14.3. The summed E-state index contributed by atoms with van der Waals surface area (Å²) in [6.07, 6.45) is 0.0454. The molecule has 0 bridgehead atoms. The number of aromatic nitrogens is 2. The van der Waals surface area contributed by atoms with Crippen LogP contribution in [0.15, 0.2) is 42.5 Å². The van der Waals surface area contributed by atoms with Crippen molar-refractivity contribution in [2.75, 3.05) is 23.8 Å². The second-order valence-corrected chi connectivity index (χ2v) is 6.41. The maximum absolute atomic E-state index is 13.0. The van der Waals surface area contributed by atoms with E-state index in [-0.39, 0.29) is 18.2 Å². The van der Waals surface area contributed by atoms with Crippen LogP contribution in [0.5, 0.6) is 11.5 Å². The molecule has 0 aliphatic carbocycles. The number of ether oxygens (including phenoxy) is 2. The van der Waals surface area contributed by atoms with Gasteiger partial charge in [0.25, 0.3) is 0 Å². The first kappa shape index (κ1) is 15.7. The zero-order chi connectivity index (χ0) is 18.4. The van der Waals surface area contributed by atoms with E-state index in [1.54, 1.807) is 22.8 Å². The molecule has 5 rings (SSSR count). The van der Waals surface area contributed by atoms with Gasteiger partial charge in [-0.15, -0.1) is 0 Å². The molecule has 0 radical (unpaired) electrons. The molecule has 2 amide bonds. The zero-order valence-corrected chi connectivity index (χ0v) is 14.3. The number of nitrogens with one attached hydrogen (secondary N) is 2. The summed E-state index contributed by atoms with van der Waals surface area (Å²) in [6.45, 7) is 0.976. The van der Waals surface area contributed by atoms with Crippen LogP contribution in [-0.2, 0) is 9.59 Å². The lowest BCUT2D eigenvalue weighted by atomic mass is 10.1. The highest BCUT2D eigenvalue weighted by Gasteiger charge is 2.33. The maximum atomic E-state index is 13.0. The molecule has 8 nitrogen and oxygen atoms in total. The fourth-order valence-corrected chi connectivity index (χ4v) is 3.45. The summed E-state index contributed by atoms with van der Waals surface area (Å²) in [5, 5.41) is 5.61. The molecule has 0 saturated heterocycles. The summed E-state index contributed by atoms with van der Waals surface area (Å²) < 4.78 is 12.8. The van der Waals surface area contributed by atoms with Gasteiger partial charge in [0.15, 0.2) is 11.5 Å². The first-order valence-corrected chi connectivity index (χ1v) is 8.66. The number of benzene rings is 2. The third kappa shape index (κ3) is 2.66. The molecule has 2 aliphatic heterocycles. The van der Waals surface area contributed by atoms with Gasteiger partial charge >= 0.3 is 0 Å². The number of carbonyl (C=O) groups is 2. The second-order valence-electron chi connectivity index (χ2n) is 6.41. The molecule has 1 atom stereocenters. The van der Waals surface area contributed by atoms with Crippen LogP contribution in [0.2, 0.25) is 0 Å². The predicted molar refractivity (Wildman–Crippen MR) is 98.1 cm³/mol. The lowest BCUT2D eigenvalue weighted by Crippen LogP contribution is -2.35. The number of hydrogen-bond acceptors (Lipinski definition) is 5. The molecule has 8 heteroatoms. The van der Waals surface area contributed by atoms with Gasteiger partial charge in [-0.3, -0.25) is 19.5 Å². The number of hydrogen-bond donors (Lipinski definition) is 2. The Hall–Kier alpha value is -3.55. The Morgan fingerprint density at radius 1 is 1.15 bits per heavy atom. The Morgan fingerprint density at radius 2 is 1.96 bits per heavy atom. The molecule has 0 fully saturated rings. The van der Waals surface area contributed by atoms with Crippen LogP contribution in [0.4, 0.5) is 11.6 Å². The molecule has 3 aromatic rings. The molecule has 2 aliphatic rings. The lowest BCUT2D eigenvalue weighted by Gasteiger charge is -2.25. The van der Waals surface area contributed by atoms with E-state index in [1.807, 2.05) is 24.3 Å². The number of nitrogens with zero attached hydrogens (tertiary/aromatic N) is 2. The SMILES string of the molecule is O=C1CC(C(=O)Nc2ccc3c(c2)OCCO3)n2c(nc3ccccc32)N1. The van der Waals surface area contributed by atoms with Crippen LogP contribution in [-0.4, -0.2) is 34.6 Å². The van der Waals surface area contributed by atoms with Gasteiger partial charge in [-0.2, -0.15) is 0 Å². The normalized spacial score (nSPS) is 17.9. The van der Waals surface area contributed by atoms with Gasteiger partial charge in [0.1, 0.15) is 19.3 Å². The predicted octanol–water partition coefficient (Wildman–Crippen LogP) is 2.33. The third-order valence-electron chi connectivity index (χ3n) is 4.65. The minimum atomic E-state index is -0.686. The van der Waals surface area contributed by atoms with Gasteiger partial charge in [-0.1, -0.05) is 12.1 Å². The van der Waals surface area contributed by atoms with E-state index in [1.165, 1.54) is 0 Å². The van der Waals surface area contributed by atoms with Crippen LogP contribution in [0.1, 0.15) is 12.5 Å². The topological polar surface area (TPSA) is 94.5 Å². The van der Waals surface area contributed by atoms with Crippen molar-refractivity contribution in [1.82, 2.24) is 9.55 Å². The number of para-hydroxylation sites is 2. The lowest BCUT2D eigenvalue weighted by molar-refractivity contribution is -0.124. The van der Waals surface area contributed by atoms with E-state index in [4.69, 9.17) is 9.47 Å². The molecule has 0 spiro atoms. The van der Waals surface area contributed by atoms with Crippen LogP contribution in [0.25, 0.3) is 11.0 Å². The number of anilines is 2. The van der Waals surface area contributed by atoms with E-state index in [0.717, 1.165) is 11.0 Å². The summed E-state index contributed by atoms with van der Waals surface area (Å²) in [6, 6.07) is 12.0. The second kappa shape index (κ2) is 6.01. The Morgan fingerprint density at radius 3 is 2.85 bits per heavy atom. The fraction of sp³-hybridized carbons (Fsp3) is 0.211. The van der Waals surface area contributed by atoms with E-state index in [9.17, 15) is 9.59 Å². The van der Waals surface area contributed by atoms with Crippen molar-refractivity contribution in [1.29, 1.82) is 0 Å². The Bertz CT molecular complexity index is 1070. The summed E-state index contributed by atoms with van der Waals surface area (Å²) in [4.78, 5) is 29.5. The molecule has 27 heavy (non-hydrogen) atoms. The molecule has 1 unspecified atom stereocenters. The van der Waals surface area contributed by atoms with E-state index in [2.05, 4.69) is 15.6 Å². The van der Waals surface area contributed by atoms with Crippen molar-refractivity contribution in [2.24, 2.45) is 0 Å². The monoisotopic (exact) mass is 364 g/mol. The molecule has 2 N–H and O–H groups in total. The standard InChI is InChI=1S/C19H16N4O4/c24-17-10-14(23-13-4-2-1-3-12(13)21-19(23)22-17)18(25)20-11-5-6-15-16(9-11)27-8-7-26-15/h1-6,9,14H,7-8,10H2,(H,20,25)(H,21,22,24). The summed E-state index contributed by atoms with van der Waals surface area (Å²) in [5.74, 6) is 1.11. The van der Waals surface area contributed by atoms with E-state index < -0.39 is 6.04 Å². The first-order chi connectivity index (χ1) is 13.2. The summed E-state index contributed by atoms with van der Waals surface area (Å²) >= 11 is 0. The largest absolute Gasteiger partial charge is 0.486 e. The van der Waals surface area contributed by atoms with Crippen LogP contribution >= 0.6 is 0 Å². The average Bonchev–Trinajstić information content (AvgIpc) is 3.05. The van der Waals surface area contributed by atoms with Crippen molar-refractivity contribution in [3.63, 3.8) is 0 Å². The number of imidazole rings is 1. The minimum absolute atomic E-state index is 0.0454. The first-order valence-electron chi connectivity index (χ1n) is 8.66. The highest BCUT2D eigenvalue weighted by molar-refractivity contribution is 6.03. The number of rotatable bonds is 2. The van der Waals surface area contributed by atoms with Crippen molar-refractivity contribution in [3.05, 3.63) is 42.5 Å². The van der Waals surface area contributed by atoms with Crippen LogP contribution < -0.4 is 20.1 Å². The molecular formula is C19H16N4O4. The van der Waals surface area contributed by atoms with Gasteiger partial charge in [-0.05, 0) is 24.3 Å². The van der Waals surface area contributed by atoms with Gasteiger partial charge < -0.3 is 14.8 Å². The summed E-state index contributed by atoms with van der Waals surface area (Å²) in [5.41, 5.74) is 2.11. The number of amides is 2. The minimum Gasteiger partial charge on any atom is -0.486 e. The van der Waals surface area contributed by atoms with Gasteiger partial charge in [0.2, 0.25) is 17.8 Å². The number of carbonyl (C=O) groups excluding carboxylic acids is 2. The molecule has 0 saturated carbocycles. The van der Waals surface area contributed by atoms with Crippen molar-refractivity contribution >= 4 is 34.5 Å². The van der Waals surface area contributed by atoms with Crippen molar-refractivity contribution in [2.45, 2.75) is 12.5 Å². The van der Waals surface area contributed by atoms with Crippen molar-refractivity contribution < 1.29 is 19.1 Å². The Labute approximate surface area is 154 Å². The summed E-state index contributed by atoms with van der Waals surface area (Å²) in [7, 11) is 0. The van der Waals surface area contributed by atoms with Crippen LogP contribution in [0, 0.1) is 0 Å². The van der Waals surface area contributed by atoms with E-state index >= 15 is 0 Å². The third-order valence-corrected chi connectivity index (χ3v) is 4.65. The molecular weight excluding hydrogens is 348 g/mol. The molecule has 2 aromatic carbocycles. The molecule has 136 valence electrons. The number of fused-ring (bicyclic) bond motifs is 4. The average molecular weight is 364 g/mol.